The van der Waals surface area contributed by atoms with E-state index in [4.69, 9.17) is 0 Å². The number of ketones is 1. The number of carbonyl (C=O) groups excluding carboxylic acids is 2. The fourth-order valence-electron chi connectivity index (χ4n) is 3.99. The van der Waals surface area contributed by atoms with Crippen molar-refractivity contribution in [3.05, 3.63) is 83.9 Å². The van der Waals surface area contributed by atoms with E-state index in [1.165, 1.54) is 18.6 Å². The molecule has 0 aromatic heterocycles. The molecular weight excluding hydrogens is 374 g/mol. The summed E-state index contributed by atoms with van der Waals surface area (Å²) in [6.07, 6.45) is 5.58. The molecule has 4 heteroatoms. The van der Waals surface area contributed by atoms with Crippen LogP contribution in [-0.2, 0) is 0 Å². The van der Waals surface area contributed by atoms with Crippen LogP contribution in [0.4, 0.5) is 5.69 Å². The van der Waals surface area contributed by atoms with E-state index >= 15 is 0 Å². The first-order chi connectivity index (χ1) is 14.6. The summed E-state index contributed by atoms with van der Waals surface area (Å²) in [7, 11) is 0. The third-order valence-electron chi connectivity index (χ3n) is 5.75. The van der Waals surface area contributed by atoms with Crippen LogP contribution in [0.1, 0.15) is 52.8 Å². The van der Waals surface area contributed by atoms with Crippen LogP contribution in [0.5, 0.6) is 5.75 Å². The molecule has 152 valence electrons. The molecule has 0 aliphatic heterocycles. The number of rotatable bonds is 5. The SMILES string of the molecule is O=C(Nc1ccc(-c2ccc(C(=O)C3CCCCC3)cc2)cc1)c1ccc(O)cc1. The molecule has 1 saturated carbocycles. The smallest absolute Gasteiger partial charge is 0.255 e. The van der Waals surface area contributed by atoms with Crippen LogP contribution in [0.3, 0.4) is 0 Å². The minimum atomic E-state index is -0.228. The van der Waals surface area contributed by atoms with E-state index in [9.17, 15) is 14.7 Å². The summed E-state index contributed by atoms with van der Waals surface area (Å²) in [5.41, 5.74) is 4.03. The lowest BCUT2D eigenvalue weighted by molar-refractivity contribution is 0.0889. The van der Waals surface area contributed by atoms with Crippen LogP contribution in [0.25, 0.3) is 11.1 Å². The van der Waals surface area contributed by atoms with Crippen molar-refractivity contribution in [1.82, 2.24) is 0 Å². The number of hydrogen-bond donors (Lipinski definition) is 2. The Balaban J connectivity index is 1.41. The summed E-state index contributed by atoms with van der Waals surface area (Å²) >= 11 is 0. The number of aromatic hydroxyl groups is 1. The summed E-state index contributed by atoms with van der Waals surface area (Å²) < 4.78 is 0. The predicted octanol–water partition coefficient (Wildman–Crippen LogP) is 6.07. The van der Waals surface area contributed by atoms with Gasteiger partial charge < -0.3 is 10.4 Å². The fraction of sp³-hybridized carbons (Fsp3) is 0.231. The van der Waals surface area contributed by atoms with Crippen molar-refractivity contribution in [3.8, 4) is 16.9 Å². The zero-order valence-corrected chi connectivity index (χ0v) is 16.8. The second-order valence-electron chi connectivity index (χ2n) is 7.85. The molecule has 30 heavy (non-hydrogen) atoms. The van der Waals surface area contributed by atoms with E-state index in [2.05, 4.69) is 5.32 Å². The van der Waals surface area contributed by atoms with Crippen molar-refractivity contribution in [2.75, 3.05) is 5.32 Å². The zero-order valence-electron chi connectivity index (χ0n) is 16.8. The second kappa shape index (κ2) is 8.95. The minimum absolute atomic E-state index is 0.127. The molecule has 4 nitrogen and oxygen atoms in total. The summed E-state index contributed by atoms with van der Waals surface area (Å²) in [6, 6.07) is 21.6. The molecule has 2 N–H and O–H groups in total. The van der Waals surface area contributed by atoms with Crippen LogP contribution in [-0.4, -0.2) is 16.8 Å². The largest absolute Gasteiger partial charge is 0.508 e. The Kier molecular flexibility index (Phi) is 5.94. The van der Waals surface area contributed by atoms with Crippen molar-refractivity contribution in [1.29, 1.82) is 0 Å². The molecule has 1 aliphatic carbocycles. The van der Waals surface area contributed by atoms with Gasteiger partial charge in [0.1, 0.15) is 5.75 Å². The lowest BCUT2D eigenvalue weighted by atomic mass is 9.83. The average Bonchev–Trinajstić information content (AvgIpc) is 2.80. The number of nitrogens with one attached hydrogen (secondary N) is 1. The quantitative estimate of drug-likeness (QED) is 0.511. The molecule has 4 rings (SSSR count). The Morgan fingerprint density at radius 2 is 1.23 bits per heavy atom. The van der Waals surface area contributed by atoms with Gasteiger partial charge in [-0.15, -0.1) is 0 Å². The first kappa shape index (κ1) is 19.9. The summed E-state index contributed by atoms with van der Waals surface area (Å²) in [6.45, 7) is 0. The molecule has 0 bridgehead atoms. The molecule has 0 heterocycles. The topological polar surface area (TPSA) is 66.4 Å². The van der Waals surface area contributed by atoms with Gasteiger partial charge in [0.05, 0.1) is 0 Å². The summed E-state index contributed by atoms with van der Waals surface area (Å²) in [5.74, 6) is 0.352. The highest BCUT2D eigenvalue weighted by Crippen LogP contribution is 2.28. The van der Waals surface area contributed by atoms with Crippen LogP contribution >= 0.6 is 0 Å². The molecule has 0 spiro atoms. The highest BCUT2D eigenvalue weighted by Gasteiger charge is 2.22. The van der Waals surface area contributed by atoms with Crippen LogP contribution < -0.4 is 5.32 Å². The first-order valence-corrected chi connectivity index (χ1v) is 10.5. The van der Waals surface area contributed by atoms with E-state index in [0.717, 1.165) is 42.4 Å². The highest BCUT2D eigenvalue weighted by atomic mass is 16.3. The predicted molar refractivity (Wildman–Crippen MR) is 119 cm³/mol. The van der Waals surface area contributed by atoms with Gasteiger partial charge in [-0.3, -0.25) is 9.59 Å². The van der Waals surface area contributed by atoms with E-state index in [0.29, 0.717) is 11.3 Å². The van der Waals surface area contributed by atoms with Gasteiger partial charge in [0.25, 0.3) is 5.91 Å². The van der Waals surface area contributed by atoms with Crippen LogP contribution in [0.15, 0.2) is 72.8 Å². The van der Waals surface area contributed by atoms with E-state index in [1.807, 2.05) is 48.5 Å². The number of carbonyl (C=O) groups is 2. The van der Waals surface area contributed by atoms with Gasteiger partial charge in [-0.2, -0.15) is 0 Å². The Bertz CT molecular complexity index is 1020. The Labute approximate surface area is 176 Å². The second-order valence-corrected chi connectivity index (χ2v) is 7.85. The first-order valence-electron chi connectivity index (χ1n) is 10.5. The molecule has 0 atom stereocenters. The molecule has 3 aromatic carbocycles. The summed E-state index contributed by atoms with van der Waals surface area (Å²) in [5, 5.41) is 12.2. The van der Waals surface area contributed by atoms with Gasteiger partial charge in [-0.1, -0.05) is 55.7 Å². The monoisotopic (exact) mass is 399 g/mol. The van der Waals surface area contributed by atoms with Crippen LogP contribution in [0.2, 0.25) is 0 Å². The van der Waals surface area contributed by atoms with Crippen molar-refractivity contribution in [2.24, 2.45) is 5.92 Å². The number of phenols is 1. The fourth-order valence-corrected chi connectivity index (χ4v) is 3.99. The maximum atomic E-state index is 12.7. The molecule has 1 amide bonds. The van der Waals surface area contributed by atoms with E-state index in [-0.39, 0.29) is 23.4 Å². The van der Waals surface area contributed by atoms with Crippen molar-refractivity contribution in [3.63, 3.8) is 0 Å². The number of Topliss-reactive ketones (excluding diaryl/α,β-unsaturated/α-hetero) is 1. The van der Waals surface area contributed by atoms with Gasteiger partial charge in [-0.05, 0) is 60.4 Å². The number of amides is 1. The molecule has 0 saturated heterocycles. The van der Waals surface area contributed by atoms with Crippen molar-refractivity contribution < 1.29 is 14.7 Å². The lowest BCUT2D eigenvalue weighted by Crippen LogP contribution is -2.17. The average molecular weight is 399 g/mol. The maximum absolute atomic E-state index is 12.7. The number of anilines is 1. The van der Waals surface area contributed by atoms with E-state index in [1.54, 1.807) is 12.1 Å². The molecule has 1 aliphatic rings. The minimum Gasteiger partial charge on any atom is -0.508 e. The Morgan fingerprint density at radius 1 is 0.700 bits per heavy atom. The Morgan fingerprint density at radius 3 is 1.83 bits per heavy atom. The number of phenolic OH excluding ortho intramolecular Hbond substituents is 1. The molecular formula is C26H25NO3. The number of benzene rings is 3. The lowest BCUT2D eigenvalue weighted by Gasteiger charge is -2.20. The molecule has 1 fully saturated rings. The molecule has 3 aromatic rings. The van der Waals surface area contributed by atoms with E-state index < -0.39 is 0 Å². The van der Waals surface area contributed by atoms with Gasteiger partial charge in [0.2, 0.25) is 0 Å². The highest BCUT2D eigenvalue weighted by molar-refractivity contribution is 6.04. The van der Waals surface area contributed by atoms with Gasteiger partial charge in [0.15, 0.2) is 5.78 Å². The Hall–Kier alpha value is -3.40. The number of hydrogen-bond acceptors (Lipinski definition) is 3. The third kappa shape index (κ3) is 4.60. The van der Waals surface area contributed by atoms with Gasteiger partial charge in [0, 0.05) is 22.7 Å². The van der Waals surface area contributed by atoms with Crippen molar-refractivity contribution >= 4 is 17.4 Å². The normalized spacial score (nSPS) is 14.3. The molecule has 0 radical (unpaired) electrons. The van der Waals surface area contributed by atoms with Crippen molar-refractivity contribution in [2.45, 2.75) is 32.1 Å². The van der Waals surface area contributed by atoms with Gasteiger partial charge in [-0.25, -0.2) is 0 Å². The molecule has 0 unspecified atom stereocenters. The maximum Gasteiger partial charge on any atom is 0.255 e. The summed E-state index contributed by atoms with van der Waals surface area (Å²) in [4.78, 5) is 25.0. The third-order valence-corrected chi connectivity index (χ3v) is 5.75. The standard InChI is InChI=1S/C26H25NO3/c28-24-16-12-22(13-17-24)26(30)27-23-14-10-19(11-15-23)18-6-8-21(9-7-18)25(29)20-4-2-1-3-5-20/h6-17,20,28H,1-5H2,(H,27,30). The zero-order chi connectivity index (χ0) is 20.9. The van der Waals surface area contributed by atoms with Crippen LogP contribution in [0, 0.1) is 5.92 Å². The van der Waals surface area contributed by atoms with Gasteiger partial charge >= 0.3 is 0 Å².